The number of H-pyrrole nitrogens is 1. The number of methoxy groups -OCH3 is 3. The fourth-order valence-corrected chi connectivity index (χ4v) is 2.09. The molecule has 0 radical (unpaired) electrons. The highest BCUT2D eigenvalue weighted by Crippen LogP contribution is 2.38. The highest BCUT2D eigenvalue weighted by molar-refractivity contribution is 5.87. The number of aromatic amines is 1. The summed E-state index contributed by atoms with van der Waals surface area (Å²) in [4.78, 5) is 10.9. The highest BCUT2D eigenvalue weighted by Gasteiger charge is 2.18. The van der Waals surface area contributed by atoms with Crippen LogP contribution >= 0.6 is 0 Å². The first kappa shape index (κ1) is 14.9. The monoisotopic (exact) mass is 292 g/mol. The molecule has 21 heavy (non-hydrogen) atoms. The van der Waals surface area contributed by atoms with E-state index in [9.17, 15) is 4.79 Å². The van der Waals surface area contributed by atoms with Gasteiger partial charge in [-0.15, -0.1) is 0 Å². The molecule has 1 aromatic carbocycles. The number of carboxylic acids is 1. The Hall–Kier alpha value is -2.54. The first-order valence-corrected chi connectivity index (χ1v) is 6.14. The largest absolute Gasteiger partial charge is 0.493 e. The van der Waals surface area contributed by atoms with Crippen LogP contribution in [0.5, 0.6) is 11.5 Å². The second-order valence-electron chi connectivity index (χ2n) is 4.23. The molecule has 0 spiro atoms. The lowest BCUT2D eigenvalue weighted by Gasteiger charge is -2.15. The van der Waals surface area contributed by atoms with Crippen LogP contribution in [0.15, 0.2) is 18.2 Å². The van der Waals surface area contributed by atoms with Gasteiger partial charge in [0.25, 0.3) is 0 Å². The molecule has 0 amide bonds. The first-order chi connectivity index (χ1) is 10.1. The maximum Gasteiger partial charge on any atom is 0.353 e. The molecule has 0 aliphatic carbocycles. The predicted molar refractivity (Wildman–Crippen MR) is 74.8 cm³/mol. The molecule has 0 saturated carbocycles. The molecule has 0 bridgehead atoms. The van der Waals surface area contributed by atoms with Gasteiger partial charge in [0.05, 0.1) is 26.5 Å². The summed E-state index contributed by atoms with van der Waals surface area (Å²) in [7, 11) is 4.65. The van der Waals surface area contributed by atoms with Gasteiger partial charge < -0.3 is 19.3 Å². The molecular weight excluding hydrogens is 276 g/mol. The molecule has 0 aliphatic rings. The Balaban J connectivity index is 2.58. The summed E-state index contributed by atoms with van der Waals surface area (Å²) in [5.41, 5.74) is 1.98. The summed E-state index contributed by atoms with van der Waals surface area (Å²) in [6.07, 6.45) is 0. The van der Waals surface area contributed by atoms with E-state index < -0.39 is 5.97 Å². The third-order valence-electron chi connectivity index (χ3n) is 3.02. The van der Waals surface area contributed by atoms with Crippen molar-refractivity contribution in [2.45, 2.75) is 6.61 Å². The summed E-state index contributed by atoms with van der Waals surface area (Å²) < 4.78 is 15.8. The normalized spacial score (nSPS) is 10.4. The van der Waals surface area contributed by atoms with Gasteiger partial charge in [0.15, 0.2) is 11.5 Å². The molecule has 0 atom stereocenters. The summed E-state index contributed by atoms with van der Waals surface area (Å²) in [5.74, 6) is 0.0431. The van der Waals surface area contributed by atoms with Crippen molar-refractivity contribution < 1.29 is 24.1 Å². The van der Waals surface area contributed by atoms with Crippen LogP contribution in [0.3, 0.4) is 0 Å². The Morgan fingerprint density at radius 1 is 1.29 bits per heavy atom. The minimum Gasteiger partial charge on any atom is -0.493 e. The second kappa shape index (κ2) is 6.27. The zero-order valence-electron chi connectivity index (χ0n) is 12.0. The zero-order valence-corrected chi connectivity index (χ0v) is 12.0. The molecule has 0 aliphatic heterocycles. The van der Waals surface area contributed by atoms with Gasteiger partial charge in [0.1, 0.15) is 5.69 Å². The molecule has 0 saturated heterocycles. The number of benzene rings is 1. The molecule has 0 fully saturated rings. The lowest BCUT2D eigenvalue weighted by Crippen LogP contribution is -2.00. The Labute approximate surface area is 121 Å². The number of nitrogens with zero attached hydrogens (tertiary/aromatic N) is 1. The minimum atomic E-state index is -1.07. The third-order valence-corrected chi connectivity index (χ3v) is 3.02. The maximum atomic E-state index is 10.9. The van der Waals surface area contributed by atoms with E-state index in [0.29, 0.717) is 17.2 Å². The average molecular weight is 292 g/mol. The summed E-state index contributed by atoms with van der Waals surface area (Å²) >= 11 is 0. The molecule has 7 heteroatoms. The van der Waals surface area contributed by atoms with Gasteiger partial charge in [0.2, 0.25) is 0 Å². The van der Waals surface area contributed by atoms with Gasteiger partial charge in [-0.05, 0) is 18.2 Å². The standard InChI is InChI=1S/C14H16N2O5/c1-19-7-9-8(4-5-12(20-2)13(9)21-3)10-6-11(14(17)18)16-15-10/h4-6H,7H2,1-3H3,(H,15,16)(H,17,18). The summed E-state index contributed by atoms with van der Waals surface area (Å²) in [5, 5.41) is 15.5. The SMILES string of the molecule is COCc1c(-c2cc(C(=O)O)[nH]n2)ccc(OC)c1OC. The minimum absolute atomic E-state index is 0.0168. The van der Waals surface area contributed by atoms with Gasteiger partial charge >= 0.3 is 5.97 Å². The quantitative estimate of drug-likeness (QED) is 0.845. The lowest BCUT2D eigenvalue weighted by atomic mass is 10.0. The third kappa shape index (κ3) is 2.82. The van der Waals surface area contributed by atoms with Crippen molar-refractivity contribution >= 4 is 5.97 Å². The number of hydrogen-bond donors (Lipinski definition) is 2. The molecule has 112 valence electrons. The number of carbonyl (C=O) groups is 1. The van der Waals surface area contributed by atoms with Crippen LogP contribution < -0.4 is 9.47 Å². The number of carboxylic acid groups (broad SMARTS) is 1. The van der Waals surface area contributed by atoms with Crippen LogP contribution in [0, 0.1) is 0 Å². The van der Waals surface area contributed by atoms with Gasteiger partial charge in [-0.25, -0.2) is 4.79 Å². The fourth-order valence-electron chi connectivity index (χ4n) is 2.09. The molecule has 2 rings (SSSR count). The van der Waals surface area contributed by atoms with Gasteiger partial charge in [-0.3, -0.25) is 5.10 Å². The Morgan fingerprint density at radius 2 is 2.05 bits per heavy atom. The molecule has 2 aromatic rings. The van der Waals surface area contributed by atoms with Crippen molar-refractivity contribution in [1.29, 1.82) is 0 Å². The van der Waals surface area contributed by atoms with E-state index in [0.717, 1.165) is 11.1 Å². The second-order valence-corrected chi connectivity index (χ2v) is 4.23. The van der Waals surface area contributed by atoms with Crippen molar-refractivity contribution in [2.24, 2.45) is 0 Å². The molecule has 0 unspecified atom stereocenters. The van der Waals surface area contributed by atoms with Gasteiger partial charge in [-0.1, -0.05) is 0 Å². The van der Waals surface area contributed by atoms with Crippen molar-refractivity contribution in [3.05, 3.63) is 29.5 Å². The number of aromatic nitrogens is 2. The number of ether oxygens (including phenoxy) is 3. The Morgan fingerprint density at radius 3 is 2.57 bits per heavy atom. The topological polar surface area (TPSA) is 93.7 Å². The number of rotatable bonds is 6. The number of nitrogens with one attached hydrogen (secondary N) is 1. The van der Waals surface area contributed by atoms with Crippen molar-refractivity contribution in [3.8, 4) is 22.8 Å². The van der Waals surface area contributed by atoms with Crippen LogP contribution in [0.1, 0.15) is 16.1 Å². The predicted octanol–water partition coefficient (Wildman–Crippen LogP) is 1.94. The molecule has 2 N–H and O–H groups in total. The fraction of sp³-hybridized carbons (Fsp3) is 0.286. The van der Waals surface area contributed by atoms with E-state index in [-0.39, 0.29) is 12.3 Å². The van der Waals surface area contributed by atoms with Crippen LogP contribution in [0.4, 0.5) is 0 Å². The van der Waals surface area contributed by atoms with E-state index in [4.69, 9.17) is 19.3 Å². The Bertz CT molecular complexity index is 651. The van der Waals surface area contributed by atoms with Crippen molar-refractivity contribution in [1.82, 2.24) is 10.2 Å². The zero-order chi connectivity index (χ0) is 15.4. The summed E-state index contributed by atoms with van der Waals surface area (Å²) in [6, 6.07) is 4.99. The van der Waals surface area contributed by atoms with E-state index in [1.807, 2.05) is 0 Å². The van der Waals surface area contributed by atoms with Crippen molar-refractivity contribution in [2.75, 3.05) is 21.3 Å². The molecular formula is C14H16N2O5. The van der Waals surface area contributed by atoms with E-state index >= 15 is 0 Å². The number of hydrogen-bond acceptors (Lipinski definition) is 5. The van der Waals surface area contributed by atoms with Crippen LogP contribution in [-0.2, 0) is 11.3 Å². The average Bonchev–Trinajstić information content (AvgIpc) is 2.96. The smallest absolute Gasteiger partial charge is 0.353 e. The molecule has 1 heterocycles. The first-order valence-electron chi connectivity index (χ1n) is 6.14. The van der Waals surface area contributed by atoms with Crippen LogP contribution in [0.2, 0.25) is 0 Å². The van der Waals surface area contributed by atoms with E-state index in [1.165, 1.54) is 13.2 Å². The number of aromatic carboxylic acids is 1. The molecule has 7 nitrogen and oxygen atoms in total. The highest BCUT2D eigenvalue weighted by atomic mass is 16.5. The lowest BCUT2D eigenvalue weighted by molar-refractivity contribution is 0.0690. The van der Waals surface area contributed by atoms with Crippen LogP contribution in [0.25, 0.3) is 11.3 Å². The van der Waals surface area contributed by atoms with Gasteiger partial charge in [-0.2, -0.15) is 5.10 Å². The Kier molecular flexibility index (Phi) is 4.44. The van der Waals surface area contributed by atoms with Crippen molar-refractivity contribution in [3.63, 3.8) is 0 Å². The van der Waals surface area contributed by atoms with Crippen LogP contribution in [-0.4, -0.2) is 42.6 Å². The van der Waals surface area contributed by atoms with E-state index in [1.54, 1.807) is 26.4 Å². The summed E-state index contributed by atoms with van der Waals surface area (Å²) in [6.45, 7) is 0.283. The maximum absolute atomic E-state index is 10.9. The van der Waals surface area contributed by atoms with Gasteiger partial charge in [0, 0.05) is 18.2 Å². The van der Waals surface area contributed by atoms with E-state index in [2.05, 4.69) is 10.2 Å². The molecule has 1 aromatic heterocycles.